The maximum absolute atomic E-state index is 13.2. The Morgan fingerprint density at radius 2 is 1.59 bits per heavy atom. The molecule has 0 aromatic heterocycles. The summed E-state index contributed by atoms with van der Waals surface area (Å²) >= 11 is 0. The van der Waals surface area contributed by atoms with Crippen LogP contribution < -0.4 is 9.47 Å². The molecule has 0 saturated carbocycles. The van der Waals surface area contributed by atoms with Gasteiger partial charge in [-0.15, -0.1) is 0 Å². The fourth-order valence-corrected chi connectivity index (χ4v) is 3.19. The number of aliphatic carboxylic acids is 1. The highest BCUT2D eigenvalue weighted by Gasteiger charge is 2.19. The zero-order chi connectivity index (χ0) is 21.2. The van der Waals surface area contributed by atoms with Crippen LogP contribution in [0.1, 0.15) is 40.7 Å². The van der Waals surface area contributed by atoms with E-state index in [-0.39, 0.29) is 12.3 Å². The van der Waals surface area contributed by atoms with Crippen LogP contribution in [0.15, 0.2) is 42.5 Å². The predicted molar refractivity (Wildman–Crippen MR) is 112 cm³/mol. The molecule has 6 nitrogen and oxygen atoms in total. The normalized spacial score (nSPS) is 10.4. The molecule has 0 atom stereocenters. The van der Waals surface area contributed by atoms with E-state index in [1.54, 1.807) is 31.3 Å². The molecule has 0 radical (unpaired) electrons. The fourth-order valence-electron chi connectivity index (χ4n) is 3.19. The number of methoxy groups -OCH3 is 2. The van der Waals surface area contributed by atoms with Crippen LogP contribution in [0.2, 0.25) is 0 Å². The van der Waals surface area contributed by atoms with Gasteiger partial charge in [-0.2, -0.15) is 0 Å². The van der Waals surface area contributed by atoms with Gasteiger partial charge in [0, 0.05) is 30.6 Å². The molecule has 29 heavy (non-hydrogen) atoms. The van der Waals surface area contributed by atoms with Crippen LogP contribution >= 0.6 is 0 Å². The number of nitrogens with zero attached hydrogens (tertiary/aromatic N) is 1. The van der Waals surface area contributed by atoms with Gasteiger partial charge in [-0.3, -0.25) is 9.59 Å². The number of amides is 1. The highest BCUT2D eigenvalue weighted by molar-refractivity contribution is 5.95. The highest BCUT2D eigenvalue weighted by Crippen LogP contribution is 2.30. The minimum Gasteiger partial charge on any atom is -0.496 e. The van der Waals surface area contributed by atoms with Crippen molar-refractivity contribution in [2.45, 2.75) is 32.6 Å². The average Bonchev–Trinajstić information content (AvgIpc) is 2.73. The average molecular weight is 399 g/mol. The second kappa shape index (κ2) is 11.1. The van der Waals surface area contributed by atoms with Crippen molar-refractivity contribution in [3.63, 3.8) is 0 Å². The molecule has 0 aliphatic heterocycles. The van der Waals surface area contributed by atoms with Crippen LogP contribution in [0.3, 0.4) is 0 Å². The van der Waals surface area contributed by atoms with Crippen LogP contribution in [-0.4, -0.2) is 49.2 Å². The highest BCUT2D eigenvalue weighted by atomic mass is 16.5. The summed E-state index contributed by atoms with van der Waals surface area (Å²) in [6.07, 6.45) is 2.00. The van der Waals surface area contributed by atoms with E-state index in [1.807, 2.05) is 37.3 Å². The third-order valence-corrected chi connectivity index (χ3v) is 4.87. The van der Waals surface area contributed by atoms with Crippen molar-refractivity contribution < 1.29 is 24.2 Å². The lowest BCUT2D eigenvalue weighted by atomic mass is 10.1. The van der Waals surface area contributed by atoms with Gasteiger partial charge >= 0.3 is 5.97 Å². The van der Waals surface area contributed by atoms with Crippen molar-refractivity contribution in [3.8, 4) is 11.5 Å². The molecule has 156 valence electrons. The van der Waals surface area contributed by atoms with Crippen molar-refractivity contribution in [2.75, 3.05) is 27.3 Å². The number of ether oxygens (including phenoxy) is 2. The molecule has 0 saturated heterocycles. The first kappa shape index (κ1) is 22.3. The molecule has 0 fully saturated rings. The van der Waals surface area contributed by atoms with E-state index in [0.717, 1.165) is 17.5 Å². The first-order valence-electron chi connectivity index (χ1n) is 9.74. The van der Waals surface area contributed by atoms with Crippen LogP contribution in [0, 0.1) is 6.92 Å². The molecule has 0 heterocycles. The maximum atomic E-state index is 13.2. The van der Waals surface area contributed by atoms with E-state index >= 15 is 0 Å². The lowest BCUT2D eigenvalue weighted by molar-refractivity contribution is -0.137. The van der Waals surface area contributed by atoms with Gasteiger partial charge in [-0.25, -0.2) is 0 Å². The largest absolute Gasteiger partial charge is 0.496 e. The standard InChI is InChI=1S/C23H29NO5/c1-17-20(28-2)15-19(16-21(17)29-3)23(27)24(13-8-7-11-22(25)26)14-12-18-9-5-4-6-10-18/h4-6,9-10,15-16H,7-8,11-14H2,1-3H3,(H,25,26). The van der Waals surface area contributed by atoms with Crippen LogP contribution in [-0.2, 0) is 11.2 Å². The number of carbonyl (C=O) groups excluding carboxylic acids is 1. The Hall–Kier alpha value is -3.02. The third kappa shape index (κ3) is 6.52. The minimum absolute atomic E-state index is 0.104. The summed E-state index contributed by atoms with van der Waals surface area (Å²) in [4.78, 5) is 25.8. The molecule has 1 amide bonds. The zero-order valence-electron chi connectivity index (χ0n) is 17.3. The number of carboxylic acid groups (broad SMARTS) is 1. The second-order valence-electron chi connectivity index (χ2n) is 6.88. The van der Waals surface area contributed by atoms with Crippen molar-refractivity contribution in [1.82, 2.24) is 4.90 Å². The van der Waals surface area contributed by atoms with Gasteiger partial charge in [-0.05, 0) is 43.9 Å². The molecule has 2 aromatic rings. The monoisotopic (exact) mass is 399 g/mol. The van der Waals surface area contributed by atoms with Crippen molar-refractivity contribution >= 4 is 11.9 Å². The molecule has 0 aliphatic carbocycles. The van der Waals surface area contributed by atoms with Gasteiger partial charge in [-0.1, -0.05) is 30.3 Å². The molecule has 6 heteroatoms. The van der Waals surface area contributed by atoms with E-state index in [2.05, 4.69) is 0 Å². The van der Waals surface area contributed by atoms with E-state index in [9.17, 15) is 9.59 Å². The van der Waals surface area contributed by atoms with Gasteiger partial charge in [0.1, 0.15) is 11.5 Å². The number of hydrogen-bond acceptors (Lipinski definition) is 4. The summed E-state index contributed by atoms with van der Waals surface area (Å²) in [5, 5.41) is 8.85. The van der Waals surface area contributed by atoms with Gasteiger partial charge in [0.25, 0.3) is 5.91 Å². The Bertz CT molecular complexity index is 794. The summed E-state index contributed by atoms with van der Waals surface area (Å²) in [7, 11) is 3.13. The summed E-state index contributed by atoms with van der Waals surface area (Å²) < 4.78 is 10.8. The Labute approximate surface area is 172 Å². The Morgan fingerprint density at radius 1 is 0.966 bits per heavy atom. The summed E-state index contributed by atoms with van der Waals surface area (Å²) in [6, 6.07) is 13.4. The molecule has 1 N–H and O–H groups in total. The van der Waals surface area contributed by atoms with E-state index in [0.29, 0.717) is 43.0 Å². The number of rotatable bonds is 11. The first-order valence-corrected chi connectivity index (χ1v) is 9.74. The van der Waals surface area contributed by atoms with Crippen LogP contribution in [0.4, 0.5) is 0 Å². The number of hydrogen-bond donors (Lipinski definition) is 1. The minimum atomic E-state index is -0.819. The number of unbranched alkanes of at least 4 members (excludes halogenated alkanes) is 1. The fraction of sp³-hybridized carbons (Fsp3) is 0.391. The lowest BCUT2D eigenvalue weighted by Gasteiger charge is -2.24. The first-order chi connectivity index (χ1) is 14.0. The third-order valence-electron chi connectivity index (χ3n) is 4.87. The predicted octanol–water partition coefficient (Wildman–Crippen LogP) is 3.95. The number of carbonyl (C=O) groups is 2. The molecular formula is C23H29NO5. The van der Waals surface area contributed by atoms with Gasteiger partial charge < -0.3 is 19.5 Å². The molecular weight excluding hydrogens is 370 g/mol. The van der Waals surface area contributed by atoms with Gasteiger partial charge in [0.15, 0.2) is 0 Å². The van der Waals surface area contributed by atoms with E-state index in [4.69, 9.17) is 14.6 Å². The SMILES string of the molecule is COc1cc(C(=O)N(CCCCC(=O)O)CCc2ccccc2)cc(OC)c1C. The summed E-state index contributed by atoms with van der Waals surface area (Å²) in [5.41, 5.74) is 2.48. The molecule has 2 aromatic carbocycles. The molecule has 2 rings (SSSR count). The summed E-state index contributed by atoms with van der Waals surface area (Å²) in [5.74, 6) is 0.260. The number of benzene rings is 2. The lowest BCUT2D eigenvalue weighted by Crippen LogP contribution is -2.34. The molecule has 0 aliphatic rings. The molecule has 0 spiro atoms. The summed E-state index contributed by atoms with van der Waals surface area (Å²) in [6.45, 7) is 2.93. The Balaban J connectivity index is 2.19. The Kier molecular flexibility index (Phi) is 8.52. The smallest absolute Gasteiger partial charge is 0.303 e. The van der Waals surface area contributed by atoms with Crippen molar-refractivity contribution in [2.24, 2.45) is 0 Å². The van der Waals surface area contributed by atoms with Gasteiger partial charge in [0.2, 0.25) is 0 Å². The van der Waals surface area contributed by atoms with E-state index in [1.165, 1.54) is 0 Å². The quantitative estimate of drug-likeness (QED) is 0.579. The molecule has 0 bridgehead atoms. The van der Waals surface area contributed by atoms with Crippen molar-refractivity contribution in [3.05, 3.63) is 59.2 Å². The van der Waals surface area contributed by atoms with E-state index < -0.39 is 5.97 Å². The topological polar surface area (TPSA) is 76.1 Å². The zero-order valence-corrected chi connectivity index (χ0v) is 17.3. The van der Waals surface area contributed by atoms with Gasteiger partial charge in [0.05, 0.1) is 14.2 Å². The second-order valence-corrected chi connectivity index (χ2v) is 6.88. The Morgan fingerprint density at radius 3 is 2.14 bits per heavy atom. The van der Waals surface area contributed by atoms with Crippen molar-refractivity contribution in [1.29, 1.82) is 0 Å². The maximum Gasteiger partial charge on any atom is 0.303 e. The van der Waals surface area contributed by atoms with Crippen LogP contribution in [0.25, 0.3) is 0 Å². The molecule has 0 unspecified atom stereocenters. The van der Waals surface area contributed by atoms with Crippen LogP contribution in [0.5, 0.6) is 11.5 Å². The number of carboxylic acids is 1.